The minimum absolute atomic E-state index is 0.342. The van der Waals surface area contributed by atoms with Crippen molar-refractivity contribution in [3.8, 4) is 0 Å². The van der Waals surface area contributed by atoms with Crippen molar-refractivity contribution in [2.45, 2.75) is 45.4 Å². The highest BCUT2D eigenvalue weighted by Crippen LogP contribution is 2.36. The maximum absolute atomic E-state index is 5.99. The summed E-state index contributed by atoms with van der Waals surface area (Å²) in [5.41, 5.74) is 13.4. The SMILES string of the molecule is CC1(C)OB(c2cc(N)cc(CN)c2)OC1(C)C. The van der Waals surface area contributed by atoms with E-state index in [9.17, 15) is 0 Å². The number of nitrogens with two attached hydrogens (primary N) is 2. The largest absolute Gasteiger partial charge is 0.494 e. The number of hydrogen-bond acceptors (Lipinski definition) is 4. The van der Waals surface area contributed by atoms with Gasteiger partial charge in [0.05, 0.1) is 11.2 Å². The Morgan fingerprint density at radius 1 is 1.06 bits per heavy atom. The first-order chi connectivity index (χ1) is 8.25. The van der Waals surface area contributed by atoms with E-state index in [2.05, 4.69) is 0 Å². The minimum atomic E-state index is -0.385. The second kappa shape index (κ2) is 4.26. The summed E-state index contributed by atoms with van der Waals surface area (Å²) in [6.45, 7) is 8.58. The van der Waals surface area contributed by atoms with Crippen molar-refractivity contribution in [3.05, 3.63) is 23.8 Å². The van der Waals surface area contributed by atoms with Crippen LogP contribution in [0.5, 0.6) is 0 Å². The Kier molecular flexibility index (Phi) is 3.17. The van der Waals surface area contributed by atoms with Gasteiger partial charge in [0.1, 0.15) is 0 Å². The Morgan fingerprint density at radius 3 is 2.11 bits per heavy atom. The normalized spacial score (nSPS) is 21.3. The lowest BCUT2D eigenvalue weighted by Crippen LogP contribution is -2.41. The fourth-order valence-corrected chi connectivity index (χ4v) is 1.98. The fourth-order valence-electron chi connectivity index (χ4n) is 1.98. The first kappa shape index (κ1) is 13.4. The van der Waals surface area contributed by atoms with Crippen LogP contribution < -0.4 is 16.9 Å². The maximum atomic E-state index is 5.99. The molecule has 1 heterocycles. The molecule has 5 heteroatoms. The van der Waals surface area contributed by atoms with Crippen LogP contribution in [0.25, 0.3) is 0 Å². The highest BCUT2D eigenvalue weighted by Gasteiger charge is 2.51. The predicted molar refractivity (Wildman–Crippen MR) is 74.5 cm³/mol. The number of hydrogen-bond donors (Lipinski definition) is 2. The molecule has 4 N–H and O–H groups in total. The third kappa shape index (κ3) is 2.26. The van der Waals surface area contributed by atoms with Gasteiger partial charge in [0.25, 0.3) is 0 Å². The van der Waals surface area contributed by atoms with Crippen LogP contribution in [0.2, 0.25) is 0 Å². The van der Waals surface area contributed by atoms with Crippen molar-refractivity contribution in [2.75, 3.05) is 5.73 Å². The summed E-state index contributed by atoms with van der Waals surface area (Å²) >= 11 is 0. The summed E-state index contributed by atoms with van der Waals surface area (Å²) in [5.74, 6) is 0. The second-order valence-corrected chi connectivity index (χ2v) is 5.80. The zero-order valence-corrected chi connectivity index (χ0v) is 11.5. The van der Waals surface area contributed by atoms with Gasteiger partial charge in [0, 0.05) is 12.2 Å². The molecule has 0 radical (unpaired) electrons. The van der Waals surface area contributed by atoms with E-state index in [-0.39, 0.29) is 18.3 Å². The average Bonchev–Trinajstić information content (AvgIpc) is 2.47. The second-order valence-electron chi connectivity index (χ2n) is 5.80. The smallest absolute Gasteiger partial charge is 0.399 e. The highest BCUT2D eigenvalue weighted by atomic mass is 16.7. The summed E-state index contributed by atoms with van der Waals surface area (Å²) in [6, 6.07) is 5.73. The van der Waals surface area contributed by atoms with E-state index in [0.717, 1.165) is 11.0 Å². The molecule has 0 atom stereocenters. The number of rotatable bonds is 2. The van der Waals surface area contributed by atoms with Gasteiger partial charge in [0.15, 0.2) is 0 Å². The van der Waals surface area contributed by atoms with Crippen LogP contribution in [0, 0.1) is 0 Å². The molecule has 1 aromatic rings. The Labute approximate surface area is 109 Å². The molecule has 1 aliphatic rings. The third-order valence-corrected chi connectivity index (χ3v) is 3.80. The lowest BCUT2D eigenvalue weighted by Gasteiger charge is -2.32. The Bertz CT molecular complexity index is 444. The lowest BCUT2D eigenvalue weighted by atomic mass is 9.78. The van der Waals surface area contributed by atoms with Gasteiger partial charge in [-0.05, 0) is 50.9 Å². The summed E-state index contributed by atoms with van der Waals surface area (Å²) in [5, 5.41) is 0. The molecule has 0 saturated carbocycles. The standard InChI is InChI=1S/C13H21BN2O2/c1-12(2)13(3,4)18-14(17-12)10-5-9(8-15)6-11(16)7-10/h5-7H,8,15-16H2,1-4H3. The molecule has 1 aliphatic heterocycles. The van der Waals surface area contributed by atoms with Crippen LogP contribution in [0.4, 0.5) is 5.69 Å². The topological polar surface area (TPSA) is 70.5 Å². The summed E-state index contributed by atoms with van der Waals surface area (Å²) in [4.78, 5) is 0. The van der Waals surface area contributed by atoms with Crippen molar-refractivity contribution in [2.24, 2.45) is 5.73 Å². The molecule has 0 bridgehead atoms. The van der Waals surface area contributed by atoms with Gasteiger partial charge in [-0.1, -0.05) is 6.07 Å². The summed E-state index contributed by atoms with van der Waals surface area (Å²) in [6.07, 6.45) is 0. The van der Waals surface area contributed by atoms with Gasteiger partial charge in [-0.2, -0.15) is 0 Å². The zero-order chi connectivity index (χ0) is 13.6. The Morgan fingerprint density at radius 2 is 1.61 bits per heavy atom. The van der Waals surface area contributed by atoms with Crippen molar-refractivity contribution in [1.82, 2.24) is 0 Å². The van der Waals surface area contributed by atoms with E-state index >= 15 is 0 Å². The molecular formula is C13H21BN2O2. The van der Waals surface area contributed by atoms with Crippen LogP contribution >= 0.6 is 0 Å². The molecule has 18 heavy (non-hydrogen) atoms. The van der Waals surface area contributed by atoms with E-state index in [1.165, 1.54) is 0 Å². The van der Waals surface area contributed by atoms with E-state index in [1.807, 2.05) is 45.9 Å². The first-order valence-corrected chi connectivity index (χ1v) is 6.20. The molecule has 0 amide bonds. The number of benzene rings is 1. The lowest BCUT2D eigenvalue weighted by molar-refractivity contribution is 0.00578. The molecule has 1 aromatic carbocycles. The fraction of sp³-hybridized carbons (Fsp3) is 0.538. The van der Waals surface area contributed by atoms with Gasteiger partial charge >= 0.3 is 7.12 Å². The molecule has 0 unspecified atom stereocenters. The van der Waals surface area contributed by atoms with Gasteiger partial charge in [-0.25, -0.2) is 0 Å². The molecule has 1 saturated heterocycles. The Balaban J connectivity index is 2.32. The van der Waals surface area contributed by atoms with Gasteiger partial charge < -0.3 is 20.8 Å². The quantitative estimate of drug-likeness (QED) is 0.605. The minimum Gasteiger partial charge on any atom is -0.399 e. The van der Waals surface area contributed by atoms with Crippen molar-refractivity contribution >= 4 is 18.3 Å². The highest BCUT2D eigenvalue weighted by molar-refractivity contribution is 6.62. The Hall–Kier alpha value is -1.04. The predicted octanol–water partition coefficient (Wildman–Crippen LogP) is 1.03. The van der Waals surface area contributed by atoms with Crippen LogP contribution in [0.1, 0.15) is 33.3 Å². The summed E-state index contributed by atoms with van der Waals surface area (Å²) < 4.78 is 12.0. The van der Waals surface area contributed by atoms with Crippen LogP contribution in [-0.4, -0.2) is 18.3 Å². The van der Waals surface area contributed by atoms with E-state index in [1.54, 1.807) is 0 Å². The van der Waals surface area contributed by atoms with Crippen LogP contribution in [0.15, 0.2) is 18.2 Å². The van der Waals surface area contributed by atoms with E-state index in [0.29, 0.717) is 12.2 Å². The maximum Gasteiger partial charge on any atom is 0.494 e. The monoisotopic (exact) mass is 248 g/mol. The molecule has 0 aromatic heterocycles. The molecule has 1 fully saturated rings. The molecular weight excluding hydrogens is 227 g/mol. The molecule has 0 spiro atoms. The van der Waals surface area contributed by atoms with Crippen molar-refractivity contribution in [3.63, 3.8) is 0 Å². The molecule has 4 nitrogen and oxygen atoms in total. The number of anilines is 1. The molecule has 98 valence electrons. The van der Waals surface area contributed by atoms with Gasteiger partial charge in [-0.15, -0.1) is 0 Å². The molecule has 2 rings (SSSR count). The van der Waals surface area contributed by atoms with E-state index < -0.39 is 0 Å². The van der Waals surface area contributed by atoms with Crippen molar-refractivity contribution < 1.29 is 9.31 Å². The van der Waals surface area contributed by atoms with E-state index in [4.69, 9.17) is 20.8 Å². The summed E-state index contributed by atoms with van der Waals surface area (Å²) in [7, 11) is -0.385. The van der Waals surface area contributed by atoms with Gasteiger partial charge in [0.2, 0.25) is 0 Å². The van der Waals surface area contributed by atoms with Crippen molar-refractivity contribution in [1.29, 1.82) is 0 Å². The average molecular weight is 248 g/mol. The zero-order valence-electron chi connectivity index (χ0n) is 11.5. The molecule has 0 aliphatic carbocycles. The number of nitrogen functional groups attached to an aromatic ring is 1. The third-order valence-electron chi connectivity index (χ3n) is 3.80. The van der Waals surface area contributed by atoms with Gasteiger partial charge in [-0.3, -0.25) is 0 Å². The first-order valence-electron chi connectivity index (χ1n) is 6.20. The van der Waals surface area contributed by atoms with Crippen LogP contribution in [0.3, 0.4) is 0 Å². The van der Waals surface area contributed by atoms with Crippen LogP contribution in [-0.2, 0) is 15.9 Å².